The lowest BCUT2D eigenvalue weighted by Gasteiger charge is -2.22. The number of hydrogen-bond acceptors (Lipinski definition) is 6. The molecule has 2 aliphatic rings. The van der Waals surface area contributed by atoms with Crippen LogP contribution in [0.25, 0.3) is 11.3 Å². The van der Waals surface area contributed by atoms with Crippen LogP contribution >= 0.6 is 0 Å². The highest BCUT2D eigenvalue weighted by molar-refractivity contribution is 5.95. The highest BCUT2D eigenvalue weighted by Gasteiger charge is 2.30. The molecular weight excluding hydrogens is 408 g/mol. The molecule has 1 aliphatic heterocycles. The average molecular weight is 437 g/mol. The number of ether oxygens (including phenoxy) is 2. The van der Waals surface area contributed by atoms with E-state index in [1.807, 2.05) is 25.5 Å². The van der Waals surface area contributed by atoms with Gasteiger partial charge in [0.15, 0.2) is 5.76 Å². The fourth-order valence-electron chi connectivity index (χ4n) is 4.60. The minimum atomic E-state index is -0.227. The number of pyridine rings is 1. The first-order valence-corrected chi connectivity index (χ1v) is 11.1. The topological polar surface area (TPSA) is 91.4 Å². The lowest BCUT2D eigenvalue weighted by Crippen LogP contribution is -2.39. The largest absolute Gasteiger partial charge is 0.455 e. The van der Waals surface area contributed by atoms with Crippen molar-refractivity contribution in [2.45, 2.75) is 46.3 Å². The van der Waals surface area contributed by atoms with Crippen molar-refractivity contribution in [2.24, 2.45) is 0 Å². The number of nitrogens with zero attached hydrogens (tertiary/aromatic N) is 3. The van der Waals surface area contributed by atoms with E-state index >= 15 is 0 Å². The molecule has 1 saturated heterocycles. The molecule has 3 aromatic heterocycles. The zero-order valence-electron chi connectivity index (χ0n) is 18.7. The third-order valence-electron chi connectivity index (χ3n) is 5.98. The maximum absolute atomic E-state index is 12.8. The minimum Gasteiger partial charge on any atom is -0.455 e. The minimum absolute atomic E-state index is 0.125. The molecule has 0 saturated carbocycles. The van der Waals surface area contributed by atoms with Gasteiger partial charge in [0.05, 0.1) is 38.2 Å². The number of fused-ring (bicyclic) bond motifs is 3. The van der Waals surface area contributed by atoms with E-state index in [1.165, 1.54) is 11.1 Å². The Kier molecular flexibility index (Phi) is 5.57. The van der Waals surface area contributed by atoms with Gasteiger partial charge < -0.3 is 19.2 Å². The predicted octanol–water partition coefficient (Wildman–Crippen LogP) is 2.76. The van der Waals surface area contributed by atoms with E-state index < -0.39 is 0 Å². The summed E-state index contributed by atoms with van der Waals surface area (Å²) in [7, 11) is 0. The smallest absolute Gasteiger partial charge is 0.287 e. The number of carbonyl (C=O) groups is 1. The Morgan fingerprint density at radius 2 is 2.00 bits per heavy atom. The molecule has 168 valence electrons. The average Bonchev–Trinajstić information content (AvgIpc) is 3.32. The SMILES string of the molecule is Cc1cc(Cn2cc3c(n2)-c2c(oc(C(=O)NC[C@@H]4COCCO4)c2C)CC3)cc(C)n1. The van der Waals surface area contributed by atoms with Gasteiger partial charge in [0, 0.05) is 41.7 Å². The van der Waals surface area contributed by atoms with Crippen LogP contribution in [0.2, 0.25) is 0 Å². The number of hydrogen-bond donors (Lipinski definition) is 1. The van der Waals surface area contributed by atoms with Crippen molar-refractivity contribution in [3.05, 3.63) is 57.9 Å². The summed E-state index contributed by atoms with van der Waals surface area (Å²) in [5.41, 5.74) is 7.07. The van der Waals surface area contributed by atoms with Crippen molar-refractivity contribution in [3.8, 4) is 11.3 Å². The maximum atomic E-state index is 12.8. The highest BCUT2D eigenvalue weighted by atomic mass is 16.6. The van der Waals surface area contributed by atoms with Gasteiger partial charge in [-0.1, -0.05) is 0 Å². The molecular formula is C24H28N4O4. The van der Waals surface area contributed by atoms with Crippen molar-refractivity contribution < 1.29 is 18.7 Å². The molecule has 0 aromatic carbocycles. The van der Waals surface area contributed by atoms with E-state index in [-0.39, 0.29) is 12.0 Å². The first kappa shape index (κ1) is 20.9. The maximum Gasteiger partial charge on any atom is 0.287 e. The summed E-state index contributed by atoms with van der Waals surface area (Å²) in [5.74, 6) is 0.961. The molecule has 1 fully saturated rings. The Bertz CT molecular complexity index is 1140. The molecule has 3 aromatic rings. The van der Waals surface area contributed by atoms with Crippen LogP contribution in [-0.2, 0) is 28.9 Å². The van der Waals surface area contributed by atoms with Crippen LogP contribution in [0.5, 0.6) is 0 Å². The standard InChI is InChI=1S/C24H28N4O4/c1-14-8-17(9-15(2)26-14)11-28-12-18-4-5-20-21(22(18)27-28)16(3)23(32-20)24(29)25-10-19-13-30-6-7-31-19/h8-9,12,19H,4-7,10-11,13H2,1-3H3,(H,25,29)/t19-/m1/s1. The second-order valence-corrected chi connectivity index (χ2v) is 8.59. The van der Waals surface area contributed by atoms with Gasteiger partial charge in [-0.2, -0.15) is 5.10 Å². The van der Waals surface area contributed by atoms with E-state index in [9.17, 15) is 4.79 Å². The van der Waals surface area contributed by atoms with Crippen molar-refractivity contribution in [2.75, 3.05) is 26.4 Å². The Morgan fingerprint density at radius 1 is 1.19 bits per heavy atom. The van der Waals surface area contributed by atoms with Crippen molar-refractivity contribution in [1.29, 1.82) is 0 Å². The van der Waals surface area contributed by atoms with Crippen LogP contribution < -0.4 is 5.32 Å². The number of furan rings is 1. The normalized spacial score (nSPS) is 17.7. The van der Waals surface area contributed by atoms with Crippen LogP contribution in [0.15, 0.2) is 22.7 Å². The molecule has 4 heterocycles. The van der Waals surface area contributed by atoms with Crippen LogP contribution in [-0.4, -0.2) is 53.1 Å². The third-order valence-corrected chi connectivity index (χ3v) is 5.98. The third kappa shape index (κ3) is 4.08. The van der Waals surface area contributed by atoms with E-state index in [1.54, 1.807) is 0 Å². The lowest BCUT2D eigenvalue weighted by molar-refractivity contribution is -0.0856. The molecule has 0 bridgehead atoms. The van der Waals surface area contributed by atoms with Crippen LogP contribution in [0.1, 0.15) is 44.4 Å². The van der Waals surface area contributed by atoms with Gasteiger partial charge in [0.2, 0.25) is 0 Å². The summed E-state index contributed by atoms with van der Waals surface area (Å²) in [5, 5.41) is 7.79. The van der Waals surface area contributed by atoms with Gasteiger partial charge in [-0.3, -0.25) is 14.5 Å². The summed E-state index contributed by atoms with van der Waals surface area (Å²) in [4.78, 5) is 17.3. The Labute approximate surface area is 186 Å². The molecule has 5 rings (SSSR count). The van der Waals surface area contributed by atoms with E-state index in [0.717, 1.165) is 46.8 Å². The molecule has 1 atom stereocenters. The van der Waals surface area contributed by atoms with Gasteiger partial charge in [-0.25, -0.2) is 0 Å². The van der Waals surface area contributed by atoms with E-state index in [4.69, 9.17) is 19.0 Å². The molecule has 1 N–H and O–H groups in total. The van der Waals surface area contributed by atoms with Gasteiger partial charge in [0.25, 0.3) is 5.91 Å². The van der Waals surface area contributed by atoms with Crippen molar-refractivity contribution in [3.63, 3.8) is 0 Å². The van der Waals surface area contributed by atoms with E-state index in [0.29, 0.717) is 38.7 Å². The number of aryl methyl sites for hydroxylation is 4. The van der Waals surface area contributed by atoms with Gasteiger partial charge in [-0.15, -0.1) is 0 Å². The fraction of sp³-hybridized carbons (Fsp3) is 0.458. The summed E-state index contributed by atoms with van der Waals surface area (Å²) in [6.07, 6.45) is 3.59. The molecule has 32 heavy (non-hydrogen) atoms. The molecule has 8 heteroatoms. The number of rotatable bonds is 5. The van der Waals surface area contributed by atoms with Crippen LogP contribution in [0.4, 0.5) is 0 Å². The number of nitrogens with one attached hydrogen (secondary N) is 1. The molecule has 8 nitrogen and oxygen atoms in total. The van der Waals surface area contributed by atoms with Gasteiger partial charge >= 0.3 is 0 Å². The van der Waals surface area contributed by atoms with E-state index in [2.05, 4.69) is 28.6 Å². The Hall–Kier alpha value is -2.97. The first-order valence-electron chi connectivity index (χ1n) is 11.1. The summed E-state index contributed by atoms with van der Waals surface area (Å²) in [6.45, 7) is 8.67. The second kappa shape index (κ2) is 8.52. The molecule has 1 amide bonds. The first-order chi connectivity index (χ1) is 15.5. The summed E-state index contributed by atoms with van der Waals surface area (Å²) in [6, 6.07) is 4.18. The summed E-state index contributed by atoms with van der Waals surface area (Å²) >= 11 is 0. The fourth-order valence-corrected chi connectivity index (χ4v) is 4.60. The lowest BCUT2D eigenvalue weighted by atomic mass is 9.93. The molecule has 0 unspecified atom stereocenters. The summed E-state index contributed by atoms with van der Waals surface area (Å²) < 4.78 is 19.0. The zero-order chi connectivity index (χ0) is 22.2. The number of amides is 1. The predicted molar refractivity (Wildman–Crippen MR) is 118 cm³/mol. The quantitative estimate of drug-likeness (QED) is 0.661. The Morgan fingerprint density at radius 3 is 2.75 bits per heavy atom. The molecule has 0 radical (unpaired) electrons. The number of aromatic nitrogens is 3. The van der Waals surface area contributed by atoms with Crippen LogP contribution in [0.3, 0.4) is 0 Å². The number of carbonyl (C=O) groups excluding carboxylic acids is 1. The zero-order valence-corrected chi connectivity index (χ0v) is 18.7. The monoisotopic (exact) mass is 436 g/mol. The van der Waals surface area contributed by atoms with Crippen molar-refractivity contribution in [1.82, 2.24) is 20.1 Å². The van der Waals surface area contributed by atoms with Gasteiger partial charge in [-0.05, 0) is 50.5 Å². The molecule has 1 aliphatic carbocycles. The highest BCUT2D eigenvalue weighted by Crippen LogP contribution is 2.38. The molecule has 0 spiro atoms. The van der Waals surface area contributed by atoms with Crippen LogP contribution in [0, 0.1) is 20.8 Å². The Balaban J connectivity index is 1.36. The second-order valence-electron chi connectivity index (χ2n) is 8.59. The van der Waals surface area contributed by atoms with Gasteiger partial charge in [0.1, 0.15) is 5.76 Å². The van der Waals surface area contributed by atoms with Crippen molar-refractivity contribution >= 4 is 5.91 Å².